The summed E-state index contributed by atoms with van der Waals surface area (Å²) in [6.07, 6.45) is 51.0. The highest BCUT2D eigenvalue weighted by Crippen LogP contribution is 2.11. The van der Waals surface area contributed by atoms with Gasteiger partial charge in [0.05, 0.1) is 0 Å². The maximum Gasteiger partial charge on any atom is 0.306 e. The third-order valence-corrected chi connectivity index (χ3v) is 7.93. The average Bonchev–Trinajstić information content (AvgIpc) is 3.09. The average molecular weight is 669 g/mol. The van der Waals surface area contributed by atoms with E-state index in [1.165, 1.54) is 89.9 Å². The van der Waals surface area contributed by atoms with Gasteiger partial charge in [0.1, 0.15) is 19.3 Å². The molecule has 0 aliphatic rings. The first-order valence-electron chi connectivity index (χ1n) is 19.5. The van der Waals surface area contributed by atoms with Crippen molar-refractivity contribution in [3.63, 3.8) is 0 Å². The van der Waals surface area contributed by atoms with Gasteiger partial charge < -0.3 is 14.6 Å². The number of aliphatic hydroxyl groups excluding tert-OH is 1. The molecule has 0 saturated heterocycles. The molecule has 0 aliphatic heterocycles. The van der Waals surface area contributed by atoms with E-state index in [1.54, 1.807) is 0 Å². The quantitative estimate of drug-likeness (QED) is 0.0420. The molecule has 0 fully saturated rings. The van der Waals surface area contributed by atoms with Crippen LogP contribution in [0.3, 0.4) is 0 Å². The van der Waals surface area contributed by atoms with Crippen LogP contribution >= 0.6 is 0 Å². The van der Waals surface area contributed by atoms with Gasteiger partial charge in [-0.3, -0.25) is 9.59 Å². The maximum atomic E-state index is 11.9. The van der Waals surface area contributed by atoms with E-state index in [9.17, 15) is 14.7 Å². The Morgan fingerprint density at radius 3 is 1.27 bits per heavy atom. The minimum Gasteiger partial charge on any atom is -0.463 e. The normalized spacial score (nSPS) is 13.0. The highest BCUT2D eigenvalue weighted by molar-refractivity contribution is 5.70. The number of aliphatic hydroxyl groups is 1. The number of rotatable bonds is 34. The molecule has 1 N–H and O–H groups in total. The molecule has 0 unspecified atom stereocenters. The van der Waals surface area contributed by atoms with Gasteiger partial charge in [-0.05, 0) is 77.0 Å². The summed E-state index contributed by atoms with van der Waals surface area (Å²) in [6, 6.07) is 0. The lowest BCUT2D eigenvalue weighted by atomic mass is 10.1. The van der Waals surface area contributed by atoms with Crippen LogP contribution in [0.2, 0.25) is 0 Å². The van der Waals surface area contributed by atoms with Crippen molar-refractivity contribution < 1.29 is 24.2 Å². The lowest BCUT2D eigenvalue weighted by Gasteiger charge is -2.12. The number of ether oxygens (including phenoxy) is 2. The van der Waals surface area contributed by atoms with E-state index in [0.717, 1.165) is 44.9 Å². The minimum absolute atomic E-state index is 0.145. The zero-order chi connectivity index (χ0) is 35.0. The number of hydrogen-bond acceptors (Lipinski definition) is 5. The second-order valence-corrected chi connectivity index (χ2v) is 12.7. The van der Waals surface area contributed by atoms with Crippen LogP contribution in [0.15, 0.2) is 72.9 Å². The van der Waals surface area contributed by atoms with Crippen LogP contribution in [0.25, 0.3) is 0 Å². The number of carbonyl (C=O) groups excluding carboxylic acids is 2. The second kappa shape index (κ2) is 38.8. The Morgan fingerprint density at radius 1 is 0.438 bits per heavy atom. The summed E-state index contributed by atoms with van der Waals surface area (Å²) < 4.78 is 10.3. The lowest BCUT2D eigenvalue weighted by Crippen LogP contribution is -2.25. The molecule has 0 bridgehead atoms. The molecule has 0 saturated carbocycles. The molecule has 274 valence electrons. The summed E-state index contributed by atoms with van der Waals surface area (Å²) in [4.78, 5) is 23.9. The largest absolute Gasteiger partial charge is 0.463 e. The van der Waals surface area contributed by atoms with Crippen LogP contribution in [0.5, 0.6) is 0 Å². The first-order chi connectivity index (χ1) is 23.6. The Balaban J connectivity index is 3.60. The SMILES string of the molecule is CCCCC/C=C\C/C=C\C/C=C\C/C=C\C/C=C\CCC(=O)OC[C@H](O)COC(=O)CCCCCCCCC/C=C\CCCCCC. The smallest absolute Gasteiger partial charge is 0.306 e. The summed E-state index contributed by atoms with van der Waals surface area (Å²) in [5.74, 6) is -0.668. The molecule has 1 atom stereocenters. The monoisotopic (exact) mass is 669 g/mol. The molecule has 0 spiro atoms. The summed E-state index contributed by atoms with van der Waals surface area (Å²) in [6.45, 7) is 4.18. The van der Waals surface area contributed by atoms with Gasteiger partial charge in [-0.1, -0.05) is 151 Å². The van der Waals surface area contributed by atoms with Gasteiger partial charge in [-0.15, -0.1) is 0 Å². The van der Waals surface area contributed by atoms with E-state index in [4.69, 9.17) is 9.47 Å². The molecule has 0 rings (SSSR count). The predicted molar refractivity (Wildman–Crippen MR) is 205 cm³/mol. The molecule has 0 aromatic heterocycles. The Morgan fingerprint density at radius 2 is 0.771 bits per heavy atom. The van der Waals surface area contributed by atoms with Crippen LogP contribution in [0.1, 0.15) is 168 Å². The van der Waals surface area contributed by atoms with Gasteiger partial charge in [0, 0.05) is 12.8 Å². The molecule has 0 aromatic rings. The molecular formula is C43H72O5. The third kappa shape index (κ3) is 37.8. The number of unbranched alkanes of at least 4 members (excludes halogenated alkanes) is 14. The highest BCUT2D eigenvalue weighted by Gasteiger charge is 2.11. The van der Waals surface area contributed by atoms with Gasteiger partial charge in [-0.25, -0.2) is 0 Å². The predicted octanol–water partition coefficient (Wildman–Crippen LogP) is 12.2. The van der Waals surface area contributed by atoms with Crippen molar-refractivity contribution in [1.82, 2.24) is 0 Å². The van der Waals surface area contributed by atoms with Gasteiger partial charge in [0.25, 0.3) is 0 Å². The number of carbonyl (C=O) groups is 2. The van der Waals surface area contributed by atoms with Crippen LogP contribution in [0.4, 0.5) is 0 Å². The van der Waals surface area contributed by atoms with E-state index >= 15 is 0 Å². The van der Waals surface area contributed by atoms with E-state index < -0.39 is 6.10 Å². The molecule has 5 heteroatoms. The molecule has 5 nitrogen and oxygen atoms in total. The minimum atomic E-state index is -0.998. The molecule has 0 amide bonds. The zero-order valence-electron chi connectivity index (χ0n) is 31.0. The van der Waals surface area contributed by atoms with Gasteiger partial charge >= 0.3 is 11.9 Å². The fourth-order valence-corrected chi connectivity index (χ4v) is 4.94. The molecule has 0 heterocycles. The van der Waals surface area contributed by atoms with Crippen LogP contribution < -0.4 is 0 Å². The first-order valence-corrected chi connectivity index (χ1v) is 19.5. The number of hydrogen-bond donors (Lipinski definition) is 1. The Hall–Kier alpha value is -2.66. The van der Waals surface area contributed by atoms with E-state index in [0.29, 0.717) is 12.8 Å². The van der Waals surface area contributed by atoms with Crippen molar-refractivity contribution in [1.29, 1.82) is 0 Å². The number of allylic oxidation sites excluding steroid dienone is 12. The number of esters is 2. The van der Waals surface area contributed by atoms with Crippen LogP contribution in [0, 0.1) is 0 Å². The summed E-state index contributed by atoms with van der Waals surface area (Å²) >= 11 is 0. The standard InChI is InChI=1S/C43H72O5/c1-3-5-7-9-11-13-15-17-19-20-21-22-24-26-28-30-32-34-36-38-43(46)48-40-41(44)39-47-42(45)37-35-33-31-29-27-25-23-18-16-14-12-10-8-6-4-2/h11,13-14,16-17,19,21-22,26,28,32,34,41,44H,3-10,12,15,18,20,23-25,27,29-31,33,35-40H2,1-2H3/b13-11-,16-14-,19-17-,22-21-,28-26-,34-32-/t41-/m1/s1. The van der Waals surface area contributed by atoms with E-state index in [-0.39, 0.29) is 31.6 Å². The topological polar surface area (TPSA) is 72.8 Å². The molecular weight excluding hydrogens is 596 g/mol. The van der Waals surface area contributed by atoms with Crippen LogP contribution in [-0.2, 0) is 19.1 Å². The Labute approximate surface area is 295 Å². The zero-order valence-corrected chi connectivity index (χ0v) is 31.0. The summed E-state index contributed by atoms with van der Waals surface area (Å²) in [5.41, 5.74) is 0. The van der Waals surface area contributed by atoms with E-state index in [1.807, 2.05) is 12.2 Å². The molecule has 48 heavy (non-hydrogen) atoms. The van der Waals surface area contributed by atoms with Gasteiger partial charge in [0.15, 0.2) is 0 Å². The first kappa shape index (κ1) is 45.3. The van der Waals surface area contributed by atoms with Crippen molar-refractivity contribution in [3.05, 3.63) is 72.9 Å². The van der Waals surface area contributed by atoms with Crippen LogP contribution in [-0.4, -0.2) is 36.4 Å². The Kier molecular flexibility index (Phi) is 36.6. The van der Waals surface area contributed by atoms with Gasteiger partial charge in [-0.2, -0.15) is 0 Å². The van der Waals surface area contributed by atoms with E-state index in [2.05, 4.69) is 74.6 Å². The van der Waals surface area contributed by atoms with Crippen molar-refractivity contribution in [2.75, 3.05) is 13.2 Å². The summed E-state index contributed by atoms with van der Waals surface area (Å²) in [5, 5.41) is 9.99. The molecule has 0 aromatic carbocycles. The lowest BCUT2D eigenvalue weighted by molar-refractivity contribution is -0.152. The van der Waals surface area contributed by atoms with Crippen molar-refractivity contribution in [2.45, 2.75) is 174 Å². The van der Waals surface area contributed by atoms with Crippen molar-refractivity contribution in [2.24, 2.45) is 0 Å². The third-order valence-electron chi connectivity index (χ3n) is 7.93. The maximum absolute atomic E-state index is 11.9. The second-order valence-electron chi connectivity index (χ2n) is 12.7. The molecule has 0 radical (unpaired) electrons. The fourth-order valence-electron chi connectivity index (χ4n) is 4.94. The molecule has 0 aliphatic carbocycles. The fraction of sp³-hybridized carbons (Fsp3) is 0.674. The van der Waals surface area contributed by atoms with Crippen molar-refractivity contribution >= 4 is 11.9 Å². The Bertz CT molecular complexity index is 895. The summed E-state index contributed by atoms with van der Waals surface area (Å²) in [7, 11) is 0. The van der Waals surface area contributed by atoms with Crippen molar-refractivity contribution in [3.8, 4) is 0 Å². The highest BCUT2D eigenvalue weighted by atomic mass is 16.6. The van der Waals surface area contributed by atoms with Gasteiger partial charge in [0.2, 0.25) is 0 Å².